The van der Waals surface area contributed by atoms with E-state index in [0.717, 1.165) is 11.1 Å². The lowest BCUT2D eigenvalue weighted by Gasteiger charge is -2.12. The summed E-state index contributed by atoms with van der Waals surface area (Å²) in [7, 11) is 0. The number of halogens is 2. The zero-order valence-electron chi connectivity index (χ0n) is 16.5. The van der Waals surface area contributed by atoms with Gasteiger partial charge in [0.25, 0.3) is 0 Å². The van der Waals surface area contributed by atoms with Crippen molar-refractivity contribution < 1.29 is 14.3 Å². The van der Waals surface area contributed by atoms with Gasteiger partial charge in [-0.2, -0.15) is 5.10 Å². The summed E-state index contributed by atoms with van der Waals surface area (Å²) in [5.41, 5.74) is 3.22. The molecule has 29 heavy (non-hydrogen) atoms. The van der Waals surface area contributed by atoms with Crippen molar-refractivity contribution in [2.45, 2.75) is 34.2 Å². The first-order chi connectivity index (χ1) is 13.7. The number of ketones is 1. The maximum absolute atomic E-state index is 13.2. The van der Waals surface area contributed by atoms with E-state index >= 15 is 0 Å². The van der Waals surface area contributed by atoms with E-state index in [1.54, 1.807) is 32.0 Å². The standard InChI is InChI=1S/C22H20Cl2N2O3/c1-5-26-21(29-22(28)15-8-6-12(2)7-9-15)17(11-25-26)20(27)16-10-13(3)18(23)14(4)19(16)24/h6-11H,5H2,1-4H3. The first-order valence-corrected chi connectivity index (χ1v) is 9.84. The number of carbonyl (C=O) groups is 2. The van der Waals surface area contributed by atoms with E-state index in [-0.39, 0.29) is 27.8 Å². The third-order valence-electron chi connectivity index (χ3n) is 4.66. The molecule has 0 N–H and O–H groups in total. The maximum atomic E-state index is 13.2. The van der Waals surface area contributed by atoms with Crippen LogP contribution in [0.1, 0.15) is 49.9 Å². The summed E-state index contributed by atoms with van der Waals surface area (Å²) in [6, 6.07) is 8.62. The minimum absolute atomic E-state index is 0.0874. The van der Waals surface area contributed by atoms with E-state index in [1.165, 1.54) is 10.9 Å². The molecule has 0 saturated heterocycles. The monoisotopic (exact) mass is 430 g/mol. The van der Waals surface area contributed by atoms with Crippen LogP contribution in [0.2, 0.25) is 10.0 Å². The molecule has 0 aliphatic carbocycles. The van der Waals surface area contributed by atoms with Gasteiger partial charge >= 0.3 is 5.97 Å². The Hall–Kier alpha value is -2.63. The molecule has 0 fully saturated rings. The second-order valence-electron chi connectivity index (χ2n) is 6.76. The molecule has 7 heteroatoms. The van der Waals surface area contributed by atoms with Crippen molar-refractivity contribution in [2.75, 3.05) is 0 Å². The van der Waals surface area contributed by atoms with Gasteiger partial charge in [0.05, 0.1) is 16.8 Å². The van der Waals surface area contributed by atoms with Crippen molar-refractivity contribution in [3.63, 3.8) is 0 Å². The van der Waals surface area contributed by atoms with E-state index < -0.39 is 5.97 Å². The normalized spacial score (nSPS) is 10.8. The van der Waals surface area contributed by atoms with Crippen LogP contribution in [-0.2, 0) is 6.54 Å². The molecule has 0 radical (unpaired) electrons. The average molecular weight is 431 g/mol. The maximum Gasteiger partial charge on any atom is 0.344 e. The van der Waals surface area contributed by atoms with E-state index in [1.807, 2.05) is 26.0 Å². The summed E-state index contributed by atoms with van der Waals surface area (Å²) in [4.78, 5) is 25.8. The predicted molar refractivity (Wildman–Crippen MR) is 113 cm³/mol. The largest absolute Gasteiger partial charge is 0.403 e. The summed E-state index contributed by atoms with van der Waals surface area (Å²) in [6.07, 6.45) is 1.39. The molecule has 0 spiro atoms. The highest BCUT2D eigenvalue weighted by molar-refractivity contribution is 6.39. The van der Waals surface area contributed by atoms with Crippen molar-refractivity contribution >= 4 is 35.0 Å². The number of aromatic nitrogens is 2. The van der Waals surface area contributed by atoms with Crippen molar-refractivity contribution in [1.29, 1.82) is 0 Å². The Morgan fingerprint density at radius 3 is 2.31 bits per heavy atom. The molecule has 0 bridgehead atoms. The average Bonchev–Trinajstić information content (AvgIpc) is 3.11. The molecule has 3 rings (SSSR count). The van der Waals surface area contributed by atoms with Gasteiger partial charge in [0, 0.05) is 17.1 Å². The Kier molecular flexibility index (Phi) is 6.10. The number of rotatable bonds is 5. The van der Waals surface area contributed by atoms with Crippen LogP contribution in [0.5, 0.6) is 5.88 Å². The van der Waals surface area contributed by atoms with Gasteiger partial charge < -0.3 is 4.74 Å². The lowest BCUT2D eigenvalue weighted by Crippen LogP contribution is -2.15. The van der Waals surface area contributed by atoms with Gasteiger partial charge in [-0.15, -0.1) is 0 Å². The lowest BCUT2D eigenvalue weighted by molar-refractivity contribution is 0.0716. The lowest BCUT2D eigenvalue weighted by atomic mass is 10.0. The van der Waals surface area contributed by atoms with Gasteiger partial charge in [-0.25, -0.2) is 9.48 Å². The first kappa shape index (κ1) is 21.1. The number of hydrogen-bond donors (Lipinski definition) is 0. The second kappa shape index (κ2) is 8.39. The van der Waals surface area contributed by atoms with Crippen molar-refractivity contribution in [2.24, 2.45) is 0 Å². The Labute approximate surface area is 179 Å². The third kappa shape index (κ3) is 4.07. The van der Waals surface area contributed by atoms with Gasteiger partial charge in [0.2, 0.25) is 11.7 Å². The molecule has 0 aliphatic heterocycles. The van der Waals surface area contributed by atoms with Gasteiger partial charge in [-0.3, -0.25) is 4.79 Å². The van der Waals surface area contributed by atoms with Gasteiger partial charge in [-0.05, 0) is 57.0 Å². The molecular formula is C22H20Cl2N2O3. The number of benzene rings is 2. The topological polar surface area (TPSA) is 61.2 Å². The molecule has 2 aromatic carbocycles. The summed E-state index contributed by atoms with van der Waals surface area (Å²) in [6.45, 7) is 7.75. The van der Waals surface area contributed by atoms with E-state index in [2.05, 4.69) is 5.10 Å². The second-order valence-corrected chi connectivity index (χ2v) is 7.51. The molecule has 0 amide bonds. The molecule has 0 unspecified atom stereocenters. The Morgan fingerprint density at radius 1 is 1.03 bits per heavy atom. The first-order valence-electron chi connectivity index (χ1n) is 9.09. The van der Waals surface area contributed by atoms with Gasteiger partial charge in [-0.1, -0.05) is 40.9 Å². The zero-order chi connectivity index (χ0) is 21.3. The van der Waals surface area contributed by atoms with Gasteiger partial charge in [0.1, 0.15) is 5.56 Å². The molecule has 1 aromatic heterocycles. The quantitative estimate of drug-likeness (QED) is 0.391. The summed E-state index contributed by atoms with van der Waals surface area (Å²) in [5.74, 6) is -0.863. The van der Waals surface area contributed by atoms with Crippen molar-refractivity contribution in [3.8, 4) is 5.88 Å². The van der Waals surface area contributed by atoms with E-state index in [0.29, 0.717) is 22.7 Å². The molecule has 3 aromatic rings. The Bertz CT molecular complexity index is 1100. The number of nitrogens with zero attached hydrogens (tertiary/aromatic N) is 2. The van der Waals surface area contributed by atoms with Crippen LogP contribution in [0.4, 0.5) is 0 Å². The summed E-state index contributed by atoms with van der Waals surface area (Å²) >= 11 is 12.6. The van der Waals surface area contributed by atoms with Crippen LogP contribution in [0, 0.1) is 20.8 Å². The van der Waals surface area contributed by atoms with E-state index in [4.69, 9.17) is 27.9 Å². The van der Waals surface area contributed by atoms with Crippen LogP contribution in [0.25, 0.3) is 0 Å². The SMILES string of the molecule is CCn1ncc(C(=O)c2cc(C)c(Cl)c(C)c2Cl)c1OC(=O)c1ccc(C)cc1. The predicted octanol–water partition coefficient (Wildman–Crippen LogP) is 5.59. The number of aryl methyl sites for hydroxylation is 3. The van der Waals surface area contributed by atoms with E-state index in [9.17, 15) is 9.59 Å². The minimum Gasteiger partial charge on any atom is -0.403 e. The highest BCUT2D eigenvalue weighted by Crippen LogP contribution is 2.33. The number of hydrogen-bond acceptors (Lipinski definition) is 4. The number of ether oxygens (including phenoxy) is 1. The molecule has 0 aliphatic rings. The van der Waals surface area contributed by atoms with Crippen molar-refractivity contribution in [3.05, 3.63) is 80.0 Å². The molecule has 1 heterocycles. The highest BCUT2D eigenvalue weighted by Gasteiger charge is 2.25. The smallest absolute Gasteiger partial charge is 0.344 e. The van der Waals surface area contributed by atoms with Crippen LogP contribution in [-0.4, -0.2) is 21.5 Å². The fourth-order valence-corrected chi connectivity index (χ4v) is 3.38. The summed E-state index contributed by atoms with van der Waals surface area (Å²) in [5, 5.41) is 4.97. The zero-order valence-corrected chi connectivity index (χ0v) is 18.1. The van der Waals surface area contributed by atoms with Crippen LogP contribution in [0.3, 0.4) is 0 Å². The number of carbonyl (C=O) groups excluding carboxylic acids is 2. The van der Waals surface area contributed by atoms with Crippen LogP contribution < -0.4 is 4.74 Å². The third-order valence-corrected chi connectivity index (χ3v) is 5.73. The van der Waals surface area contributed by atoms with Crippen LogP contribution >= 0.6 is 23.2 Å². The minimum atomic E-state index is -0.566. The Balaban J connectivity index is 2.02. The van der Waals surface area contributed by atoms with Gasteiger partial charge in [0.15, 0.2) is 0 Å². The summed E-state index contributed by atoms with van der Waals surface area (Å²) < 4.78 is 7.03. The molecule has 0 atom stereocenters. The Morgan fingerprint density at radius 2 is 1.69 bits per heavy atom. The van der Waals surface area contributed by atoms with Crippen LogP contribution in [0.15, 0.2) is 36.5 Å². The molecular weight excluding hydrogens is 411 g/mol. The number of esters is 1. The fraction of sp³-hybridized carbons (Fsp3) is 0.227. The highest BCUT2D eigenvalue weighted by atomic mass is 35.5. The fourth-order valence-electron chi connectivity index (χ4n) is 2.95. The molecule has 0 saturated carbocycles. The molecule has 5 nitrogen and oxygen atoms in total. The molecule has 150 valence electrons. The van der Waals surface area contributed by atoms with Crippen molar-refractivity contribution in [1.82, 2.24) is 9.78 Å².